The van der Waals surface area contributed by atoms with E-state index in [-0.39, 0.29) is 21.7 Å². The maximum atomic E-state index is 8.58. The number of hydrogen-bond acceptors (Lipinski definition) is 4. The normalized spacial score (nSPS) is 35.3. The van der Waals surface area contributed by atoms with Crippen molar-refractivity contribution in [3.63, 3.8) is 0 Å². The van der Waals surface area contributed by atoms with Gasteiger partial charge in [0, 0.05) is 21.7 Å². The molecule has 1 aliphatic rings. The summed E-state index contributed by atoms with van der Waals surface area (Å²) in [4.78, 5) is 0. The Kier molecular flexibility index (Phi) is 4.65. The second kappa shape index (κ2) is 4.38. The van der Waals surface area contributed by atoms with Crippen LogP contribution in [0.1, 0.15) is 0 Å². The molecule has 0 bridgehead atoms. The van der Waals surface area contributed by atoms with Crippen LogP contribution in [0.25, 0.3) is 0 Å². The summed E-state index contributed by atoms with van der Waals surface area (Å²) in [6.07, 6.45) is -2.33. The molecule has 52 valence electrons. The fraction of sp³-hybridized carbons (Fsp3) is 1.00. The van der Waals surface area contributed by atoms with Crippen molar-refractivity contribution in [1.29, 1.82) is 0 Å². The van der Waals surface area contributed by atoms with E-state index in [1.165, 1.54) is 0 Å². The molecule has 2 N–H and O–H groups in total. The van der Waals surface area contributed by atoms with Crippen molar-refractivity contribution in [3.8, 4) is 0 Å². The molecule has 1 fully saturated rings. The van der Waals surface area contributed by atoms with E-state index in [1.54, 1.807) is 0 Å². The Hall–Kier alpha value is 0.554. The van der Waals surface area contributed by atoms with Crippen molar-refractivity contribution < 1.29 is 41.4 Å². The van der Waals surface area contributed by atoms with Crippen LogP contribution >= 0.6 is 0 Å². The van der Waals surface area contributed by atoms with E-state index in [4.69, 9.17) is 10.2 Å². The van der Waals surface area contributed by atoms with Gasteiger partial charge < -0.3 is 19.7 Å². The van der Waals surface area contributed by atoms with Gasteiger partial charge in [0.2, 0.25) is 12.6 Å². The zero-order chi connectivity index (χ0) is 5.98. The van der Waals surface area contributed by atoms with Crippen molar-refractivity contribution in [2.24, 2.45) is 0 Å². The molecule has 5 heteroatoms. The van der Waals surface area contributed by atoms with Gasteiger partial charge in [0.15, 0.2) is 0 Å². The van der Waals surface area contributed by atoms with Crippen LogP contribution in [0.4, 0.5) is 0 Å². The second-order valence-corrected chi connectivity index (χ2v) is 1.52. The molecule has 1 rings (SSSR count). The van der Waals surface area contributed by atoms with Gasteiger partial charge in [0.05, 0.1) is 13.2 Å². The van der Waals surface area contributed by atoms with Crippen LogP contribution in [0, 0.1) is 0 Å². The summed E-state index contributed by atoms with van der Waals surface area (Å²) in [6.45, 7) is 0.691. The van der Waals surface area contributed by atoms with Gasteiger partial charge in [-0.05, 0) is 0 Å². The van der Waals surface area contributed by atoms with Crippen LogP contribution in [0.5, 0.6) is 0 Å². The maximum absolute atomic E-state index is 8.58. The smallest absolute Gasteiger partial charge is 0.206 e. The first-order chi connectivity index (χ1) is 3.80. The molecule has 0 aromatic heterocycles. The fourth-order valence-electron chi connectivity index (χ4n) is 0.502. The summed E-state index contributed by atoms with van der Waals surface area (Å²) in [6, 6.07) is 0. The molecule has 2 atom stereocenters. The molecule has 2 unspecified atom stereocenters. The predicted molar refractivity (Wildman–Crippen MR) is 23.9 cm³/mol. The summed E-state index contributed by atoms with van der Waals surface area (Å²) in [5, 5.41) is 17.2. The summed E-state index contributed by atoms with van der Waals surface area (Å²) in [5.74, 6) is 0. The molecule has 4 nitrogen and oxygen atoms in total. The molecule has 0 saturated carbocycles. The van der Waals surface area contributed by atoms with Crippen molar-refractivity contribution in [3.05, 3.63) is 0 Å². The van der Waals surface area contributed by atoms with E-state index < -0.39 is 12.6 Å². The van der Waals surface area contributed by atoms with Gasteiger partial charge in [0.1, 0.15) is 0 Å². The molecule has 1 heterocycles. The molecule has 1 aliphatic heterocycles. The standard InChI is InChI=1S/C4H8O4.Ti/c5-3-4(6)8-2-1-7-3;/h3-6H,1-2H2;. The van der Waals surface area contributed by atoms with Crippen molar-refractivity contribution in [1.82, 2.24) is 0 Å². The molecule has 0 aromatic carbocycles. The Morgan fingerprint density at radius 1 is 1.00 bits per heavy atom. The van der Waals surface area contributed by atoms with Crippen molar-refractivity contribution in [2.75, 3.05) is 13.2 Å². The fourth-order valence-corrected chi connectivity index (χ4v) is 0.502. The van der Waals surface area contributed by atoms with Crippen LogP contribution in [0.3, 0.4) is 0 Å². The molecule has 1 saturated heterocycles. The molecule has 0 amide bonds. The van der Waals surface area contributed by atoms with Gasteiger partial charge in [-0.25, -0.2) is 0 Å². The number of aliphatic hydroxyl groups excluding tert-OH is 2. The van der Waals surface area contributed by atoms with Crippen LogP contribution < -0.4 is 0 Å². The van der Waals surface area contributed by atoms with Crippen molar-refractivity contribution in [2.45, 2.75) is 12.6 Å². The van der Waals surface area contributed by atoms with Gasteiger partial charge in [-0.3, -0.25) is 0 Å². The SMILES string of the molecule is OC1OCCOC1O.[Ti]. The topological polar surface area (TPSA) is 58.9 Å². The van der Waals surface area contributed by atoms with E-state index in [0.29, 0.717) is 13.2 Å². The predicted octanol–water partition coefficient (Wildman–Crippen LogP) is -1.33. The Bertz CT molecular complexity index is 69.0. The van der Waals surface area contributed by atoms with Crippen LogP contribution in [0.15, 0.2) is 0 Å². The molecular weight excluding hydrogens is 160 g/mol. The number of hydrogen-bond donors (Lipinski definition) is 2. The van der Waals surface area contributed by atoms with Crippen LogP contribution in [-0.2, 0) is 31.2 Å². The van der Waals surface area contributed by atoms with Gasteiger partial charge in [0.25, 0.3) is 0 Å². The van der Waals surface area contributed by atoms with Crippen LogP contribution in [-0.4, -0.2) is 36.0 Å². The summed E-state index contributed by atoms with van der Waals surface area (Å²) in [7, 11) is 0. The largest absolute Gasteiger partial charge is 0.364 e. The first-order valence-electron chi connectivity index (χ1n) is 2.40. The monoisotopic (exact) mass is 168 g/mol. The Balaban J connectivity index is 0.000000640. The average molecular weight is 168 g/mol. The third-order valence-corrected chi connectivity index (χ3v) is 0.904. The minimum absolute atomic E-state index is 0. The third kappa shape index (κ3) is 2.75. The molecule has 0 radical (unpaired) electrons. The van der Waals surface area contributed by atoms with E-state index in [1.807, 2.05) is 0 Å². The summed E-state index contributed by atoms with van der Waals surface area (Å²) < 4.78 is 9.14. The molecular formula is C4H8O4Ti. The van der Waals surface area contributed by atoms with E-state index in [0.717, 1.165) is 0 Å². The van der Waals surface area contributed by atoms with Crippen molar-refractivity contribution >= 4 is 0 Å². The first-order valence-corrected chi connectivity index (χ1v) is 2.40. The number of rotatable bonds is 0. The Labute approximate surface area is 67.6 Å². The molecule has 0 aliphatic carbocycles. The molecule has 0 aromatic rings. The number of aliphatic hydroxyl groups is 2. The van der Waals surface area contributed by atoms with Gasteiger partial charge >= 0.3 is 0 Å². The number of ether oxygens (including phenoxy) is 2. The quantitative estimate of drug-likeness (QED) is 0.440. The molecule has 9 heavy (non-hydrogen) atoms. The van der Waals surface area contributed by atoms with Crippen LogP contribution in [0.2, 0.25) is 0 Å². The molecule has 0 spiro atoms. The summed E-state index contributed by atoms with van der Waals surface area (Å²) in [5.41, 5.74) is 0. The van der Waals surface area contributed by atoms with E-state index in [2.05, 4.69) is 9.47 Å². The minimum atomic E-state index is -1.16. The van der Waals surface area contributed by atoms with Gasteiger partial charge in [-0.2, -0.15) is 0 Å². The van der Waals surface area contributed by atoms with E-state index in [9.17, 15) is 0 Å². The zero-order valence-electron chi connectivity index (χ0n) is 4.78. The average Bonchev–Trinajstić information content (AvgIpc) is 1.77. The Morgan fingerprint density at radius 2 is 1.33 bits per heavy atom. The minimum Gasteiger partial charge on any atom is -0.364 e. The Morgan fingerprint density at radius 3 is 1.56 bits per heavy atom. The second-order valence-electron chi connectivity index (χ2n) is 1.52. The zero-order valence-corrected chi connectivity index (χ0v) is 6.34. The van der Waals surface area contributed by atoms with Gasteiger partial charge in [-0.1, -0.05) is 0 Å². The van der Waals surface area contributed by atoms with E-state index >= 15 is 0 Å². The maximum Gasteiger partial charge on any atom is 0.206 e. The third-order valence-electron chi connectivity index (χ3n) is 0.904. The van der Waals surface area contributed by atoms with Gasteiger partial charge in [-0.15, -0.1) is 0 Å². The first kappa shape index (κ1) is 9.55. The summed E-state index contributed by atoms with van der Waals surface area (Å²) >= 11 is 0.